The van der Waals surface area contributed by atoms with Crippen LogP contribution in [0, 0.1) is 6.92 Å². The van der Waals surface area contributed by atoms with Gasteiger partial charge < -0.3 is 24.8 Å². The number of fused-ring (bicyclic) bond motifs is 1. The first-order valence-electron chi connectivity index (χ1n) is 12.2. The van der Waals surface area contributed by atoms with Crippen LogP contribution in [-0.4, -0.2) is 78.1 Å². The van der Waals surface area contributed by atoms with Crippen molar-refractivity contribution in [3.8, 4) is 0 Å². The number of aromatic nitrogens is 1. The number of carbonyl (C=O) groups is 3. The number of hydrogen-bond acceptors (Lipinski definition) is 7. The Kier molecular flexibility index (Phi) is 6.64. The summed E-state index contributed by atoms with van der Waals surface area (Å²) in [6, 6.07) is 7.61. The standard InChI is InChI=1S/C25H31N5O4S/c1-16-21(22(31)30-12-5-8-20(30)23(32)34-2)35-25(26-16)28-13-10-18(11-14-28)29-15-9-17-6-3-4-7-19(17)27-24(29)33/h3-4,6-7,18,20H,5,8-15H2,1-2H3,(H,27,33). The Bertz CT molecular complexity index is 1130. The van der Waals surface area contributed by atoms with Crippen LogP contribution >= 0.6 is 11.3 Å². The Hall–Kier alpha value is -3.14. The lowest BCUT2D eigenvalue weighted by Gasteiger charge is -2.37. The van der Waals surface area contributed by atoms with Crippen LogP contribution in [-0.2, 0) is 16.0 Å². The molecule has 2 aromatic rings. The number of ether oxygens (including phenoxy) is 1. The van der Waals surface area contributed by atoms with Crippen molar-refractivity contribution >= 4 is 40.1 Å². The highest BCUT2D eigenvalue weighted by atomic mass is 32.1. The summed E-state index contributed by atoms with van der Waals surface area (Å²) >= 11 is 1.39. The smallest absolute Gasteiger partial charge is 0.328 e. The van der Waals surface area contributed by atoms with Crippen molar-refractivity contribution < 1.29 is 19.1 Å². The fourth-order valence-electron chi connectivity index (χ4n) is 5.34. The number of aryl methyl sites for hydroxylation is 1. The van der Waals surface area contributed by atoms with E-state index < -0.39 is 6.04 Å². The molecule has 5 rings (SSSR count). The van der Waals surface area contributed by atoms with E-state index in [0.29, 0.717) is 30.1 Å². The monoisotopic (exact) mass is 497 g/mol. The average Bonchev–Trinajstić information content (AvgIpc) is 3.48. The molecule has 186 valence electrons. The summed E-state index contributed by atoms with van der Waals surface area (Å²) in [5.74, 6) is -0.504. The first kappa shape index (κ1) is 23.6. The third-order valence-corrected chi connectivity index (χ3v) is 8.49. The van der Waals surface area contributed by atoms with E-state index >= 15 is 0 Å². The average molecular weight is 498 g/mol. The van der Waals surface area contributed by atoms with Crippen molar-refractivity contribution in [1.29, 1.82) is 0 Å². The van der Waals surface area contributed by atoms with E-state index in [0.717, 1.165) is 49.6 Å². The Balaban J connectivity index is 1.23. The maximum Gasteiger partial charge on any atom is 0.328 e. The van der Waals surface area contributed by atoms with Crippen LogP contribution in [0.15, 0.2) is 24.3 Å². The van der Waals surface area contributed by atoms with Gasteiger partial charge in [0.1, 0.15) is 10.9 Å². The summed E-state index contributed by atoms with van der Waals surface area (Å²) in [5.41, 5.74) is 2.77. The highest BCUT2D eigenvalue weighted by Gasteiger charge is 2.37. The number of likely N-dealkylation sites (tertiary alicyclic amines) is 1. The molecular formula is C25H31N5O4S. The number of nitrogens with zero attached hydrogens (tertiary/aromatic N) is 4. The molecule has 0 radical (unpaired) electrons. The summed E-state index contributed by atoms with van der Waals surface area (Å²) in [6.45, 7) is 4.66. The minimum Gasteiger partial charge on any atom is -0.467 e. The normalized spacial score (nSPS) is 20.9. The van der Waals surface area contributed by atoms with E-state index in [1.807, 2.05) is 30.0 Å². The zero-order chi connectivity index (χ0) is 24.5. The molecule has 0 aliphatic carbocycles. The number of anilines is 2. The van der Waals surface area contributed by atoms with Gasteiger partial charge in [-0.15, -0.1) is 0 Å². The first-order chi connectivity index (χ1) is 17.0. The van der Waals surface area contributed by atoms with Crippen LogP contribution < -0.4 is 10.2 Å². The molecule has 3 aliphatic rings. The zero-order valence-corrected chi connectivity index (χ0v) is 21.0. The summed E-state index contributed by atoms with van der Waals surface area (Å²) < 4.78 is 4.89. The Morgan fingerprint density at radius 3 is 2.66 bits per heavy atom. The van der Waals surface area contributed by atoms with E-state index in [-0.39, 0.29) is 23.9 Å². The maximum atomic E-state index is 13.2. The van der Waals surface area contributed by atoms with Crippen molar-refractivity contribution in [1.82, 2.24) is 14.8 Å². The van der Waals surface area contributed by atoms with Gasteiger partial charge in [0.2, 0.25) is 0 Å². The van der Waals surface area contributed by atoms with E-state index in [4.69, 9.17) is 9.72 Å². The SMILES string of the molecule is COC(=O)C1CCCN1C(=O)c1sc(N2CCC(N3CCc4ccccc4NC3=O)CC2)nc1C. The van der Waals surface area contributed by atoms with Crippen LogP contribution in [0.4, 0.5) is 15.6 Å². The molecule has 9 nitrogen and oxygen atoms in total. The fourth-order valence-corrected chi connectivity index (χ4v) is 6.42. The predicted molar refractivity (Wildman–Crippen MR) is 134 cm³/mol. The minimum atomic E-state index is -0.515. The lowest BCUT2D eigenvalue weighted by Crippen LogP contribution is -2.48. The molecule has 1 atom stereocenters. The molecule has 0 spiro atoms. The second-order valence-electron chi connectivity index (χ2n) is 9.34. The van der Waals surface area contributed by atoms with Crippen molar-refractivity contribution in [3.05, 3.63) is 40.4 Å². The third kappa shape index (κ3) is 4.59. The molecule has 0 saturated carbocycles. The van der Waals surface area contributed by atoms with Gasteiger partial charge >= 0.3 is 12.0 Å². The molecule has 1 aromatic carbocycles. The fraction of sp³-hybridized carbons (Fsp3) is 0.520. The second-order valence-corrected chi connectivity index (χ2v) is 10.3. The Morgan fingerprint density at radius 1 is 1.11 bits per heavy atom. The van der Waals surface area contributed by atoms with E-state index in [1.54, 1.807) is 4.90 Å². The lowest BCUT2D eigenvalue weighted by molar-refractivity contribution is -0.145. The van der Waals surface area contributed by atoms with E-state index in [9.17, 15) is 14.4 Å². The number of piperidine rings is 1. The number of para-hydroxylation sites is 1. The van der Waals surface area contributed by atoms with Crippen molar-refractivity contribution in [2.75, 3.05) is 43.5 Å². The van der Waals surface area contributed by atoms with E-state index in [2.05, 4.69) is 16.3 Å². The number of hydrogen-bond donors (Lipinski definition) is 1. The van der Waals surface area contributed by atoms with Crippen LogP contribution in [0.25, 0.3) is 0 Å². The van der Waals surface area contributed by atoms with Crippen LogP contribution in [0.3, 0.4) is 0 Å². The van der Waals surface area contributed by atoms with Gasteiger partial charge in [-0.1, -0.05) is 29.5 Å². The highest BCUT2D eigenvalue weighted by molar-refractivity contribution is 7.17. The third-order valence-electron chi connectivity index (χ3n) is 7.28. The van der Waals surface area contributed by atoms with Crippen molar-refractivity contribution in [2.45, 2.75) is 51.1 Å². The van der Waals surface area contributed by atoms with Crippen LogP contribution in [0.2, 0.25) is 0 Å². The topological polar surface area (TPSA) is 95.1 Å². The number of esters is 1. The van der Waals surface area contributed by atoms with Crippen LogP contribution in [0.5, 0.6) is 0 Å². The van der Waals surface area contributed by atoms with Gasteiger partial charge in [-0.25, -0.2) is 14.6 Å². The second kappa shape index (κ2) is 9.85. The molecular weight excluding hydrogens is 466 g/mol. The van der Waals surface area contributed by atoms with Gasteiger partial charge in [-0.2, -0.15) is 0 Å². The largest absolute Gasteiger partial charge is 0.467 e. The predicted octanol–water partition coefficient (Wildman–Crippen LogP) is 3.29. The molecule has 2 saturated heterocycles. The highest BCUT2D eigenvalue weighted by Crippen LogP contribution is 2.32. The quantitative estimate of drug-likeness (QED) is 0.652. The van der Waals surface area contributed by atoms with Crippen molar-refractivity contribution in [2.24, 2.45) is 0 Å². The summed E-state index contributed by atoms with van der Waals surface area (Å²) in [7, 11) is 1.36. The first-order valence-corrected chi connectivity index (χ1v) is 13.0. The van der Waals surface area contributed by atoms with Gasteiger partial charge in [0.15, 0.2) is 5.13 Å². The summed E-state index contributed by atoms with van der Waals surface area (Å²) in [6.07, 6.45) is 3.96. The Morgan fingerprint density at radius 2 is 1.89 bits per heavy atom. The number of methoxy groups -OCH3 is 1. The van der Waals surface area contributed by atoms with Gasteiger partial charge in [0.25, 0.3) is 5.91 Å². The number of urea groups is 1. The van der Waals surface area contributed by atoms with Gasteiger partial charge in [-0.3, -0.25) is 4.79 Å². The van der Waals surface area contributed by atoms with Gasteiger partial charge in [-0.05, 0) is 50.7 Å². The lowest BCUT2D eigenvalue weighted by atomic mass is 10.0. The molecule has 3 aliphatic heterocycles. The van der Waals surface area contributed by atoms with Gasteiger partial charge in [0, 0.05) is 37.9 Å². The number of thiazole rings is 1. The molecule has 1 N–H and O–H groups in total. The molecule has 0 bridgehead atoms. The maximum absolute atomic E-state index is 13.2. The van der Waals surface area contributed by atoms with Crippen LogP contribution in [0.1, 0.15) is 46.6 Å². The number of rotatable bonds is 4. The zero-order valence-electron chi connectivity index (χ0n) is 20.2. The summed E-state index contributed by atoms with van der Waals surface area (Å²) in [5, 5.41) is 3.89. The number of nitrogens with one attached hydrogen (secondary N) is 1. The molecule has 2 fully saturated rings. The Labute approximate surface area is 209 Å². The molecule has 1 unspecified atom stereocenters. The molecule has 4 heterocycles. The summed E-state index contributed by atoms with van der Waals surface area (Å²) in [4.78, 5) is 49.3. The molecule has 1 aromatic heterocycles. The molecule has 3 amide bonds. The number of carbonyl (C=O) groups excluding carboxylic acids is 3. The van der Waals surface area contributed by atoms with E-state index in [1.165, 1.54) is 24.0 Å². The molecule has 35 heavy (non-hydrogen) atoms. The number of amides is 3. The number of benzene rings is 1. The van der Waals surface area contributed by atoms with Gasteiger partial charge in [0.05, 0.1) is 12.8 Å². The van der Waals surface area contributed by atoms with Crippen molar-refractivity contribution in [3.63, 3.8) is 0 Å². The minimum absolute atomic E-state index is 0.0304. The molecule has 10 heteroatoms.